The van der Waals surface area contributed by atoms with Gasteiger partial charge in [-0.1, -0.05) is 66.7 Å². The van der Waals surface area contributed by atoms with Crippen LogP contribution in [-0.2, 0) is 4.79 Å². The van der Waals surface area contributed by atoms with Gasteiger partial charge in [-0.2, -0.15) is 0 Å². The minimum absolute atomic E-state index is 0.0574. The molecule has 3 aromatic rings. The zero-order valence-electron chi connectivity index (χ0n) is 18.1. The van der Waals surface area contributed by atoms with Crippen molar-refractivity contribution in [2.24, 2.45) is 5.92 Å². The largest absolute Gasteiger partial charge is 0.356 e. The lowest BCUT2D eigenvalue weighted by molar-refractivity contribution is -0.121. The van der Waals surface area contributed by atoms with Crippen molar-refractivity contribution < 1.29 is 9.59 Å². The van der Waals surface area contributed by atoms with Crippen LogP contribution in [0.1, 0.15) is 63.7 Å². The van der Waals surface area contributed by atoms with Gasteiger partial charge in [0.1, 0.15) is 0 Å². The molecular formula is C28H28N2O2. The van der Waals surface area contributed by atoms with Crippen molar-refractivity contribution in [2.45, 2.75) is 31.1 Å². The Hall–Kier alpha value is -3.40. The molecule has 4 heteroatoms. The Morgan fingerprint density at radius 3 is 2.00 bits per heavy atom. The molecule has 32 heavy (non-hydrogen) atoms. The molecule has 0 aromatic heterocycles. The molecule has 1 atom stereocenters. The van der Waals surface area contributed by atoms with Crippen LogP contribution >= 0.6 is 0 Å². The maximum atomic E-state index is 12.5. The van der Waals surface area contributed by atoms with Gasteiger partial charge in [-0.05, 0) is 53.1 Å². The SMILES string of the molecule is O=C(CCCNC(=O)c1ccccc1)NCC1CC2c3ccccc3C1c1ccccc12. The molecule has 0 radical (unpaired) electrons. The first-order chi connectivity index (χ1) is 15.7. The highest BCUT2D eigenvalue weighted by atomic mass is 16.2. The van der Waals surface area contributed by atoms with Gasteiger partial charge in [0.25, 0.3) is 5.91 Å². The Morgan fingerprint density at radius 2 is 1.34 bits per heavy atom. The van der Waals surface area contributed by atoms with E-state index in [0.29, 0.717) is 49.2 Å². The summed E-state index contributed by atoms with van der Waals surface area (Å²) in [5.41, 5.74) is 6.39. The van der Waals surface area contributed by atoms with E-state index < -0.39 is 0 Å². The van der Waals surface area contributed by atoms with Crippen LogP contribution in [0.2, 0.25) is 0 Å². The van der Waals surface area contributed by atoms with Crippen LogP contribution in [0.4, 0.5) is 0 Å². The molecule has 0 spiro atoms. The highest BCUT2D eigenvalue weighted by Crippen LogP contribution is 2.55. The van der Waals surface area contributed by atoms with Crippen molar-refractivity contribution in [3.8, 4) is 0 Å². The molecule has 3 aliphatic rings. The van der Waals surface area contributed by atoms with Gasteiger partial charge < -0.3 is 10.6 Å². The lowest BCUT2D eigenvalue weighted by atomic mass is 9.59. The van der Waals surface area contributed by atoms with Crippen molar-refractivity contribution in [2.75, 3.05) is 13.1 Å². The number of nitrogens with one attached hydrogen (secondary N) is 2. The average Bonchev–Trinajstić information content (AvgIpc) is 2.86. The van der Waals surface area contributed by atoms with E-state index in [2.05, 4.69) is 59.2 Å². The van der Waals surface area contributed by atoms with Gasteiger partial charge in [-0.3, -0.25) is 9.59 Å². The van der Waals surface area contributed by atoms with Crippen molar-refractivity contribution in [1.82, 2.24) is 10.6 Å². The lowest BCUT2D eigenvalue weighted by Crippen LogP contribution is -2.39. The minimum Gasteiger partial charge on any atom is -0.356 e. The zero-order valence-corrected chi connectivity index (χ0v) is 18.1. The second-order valence-electron chi connectivity index (χ2n) is 8.81. The molecular weight excluding hydrogens is 396 g/mol. The third-order valence-electron chi connectivity index (χ3n) is 6.89. The van der Waals surface area contributed by atoms with Crippen LogP contribution in [0.3, 0.4) is 0 Å². The molecule has 2 bridgehead atoms. The number of amides is 2. The molecule has 162 valence electrons. The summed E-state index contributed by atoms with van der Waals surface area (Å²) in [5.74, 6) is 1.13. The highest BCUT2D eigenvalue weighted by Gasteiger charge is 2.42. The van der Waals surface area contributed by atoms with Gasteiger partial charge in [-0.15, -0.1) is 0 Å². The standard InChI is InChI=1S/C28H28N2O2/c31-26(15-8-16-29-28(32)19-9-2-1-3-10-19)30-18-20-17-25-21-11-4-6-13-23(21)27(20)24-14-7-5-12-22(24)25/h1-7,9-14,20,25,27H,8,15-18H2,(H,29,32)(H,30,31). The van der Waals surface area contributed by atoms with Crippen LogP contribution in [0.5, 0.6) is 0 Å². The van der Waals surface area contributed by atoms with E-state index in [0.717, 1.165) is 6.42 Å². The van der Waals surface area contributed by atoms with Crippen molar-refractivity contribution in [3.63, 3.8) is 0 Å². The molecule has 4 nitrogen and oxygen atoms in total. The van der Waals surface area contributed by atoms with Crippen molar-refractivity contribution in [1.29, 1.82) is 0 Å². The van der Waals surface area contributed by atoms with Gasteiger partial charge in [0.2, 0.25) is 5.91 Å². The van der Waals surface area contributed by atoms with Crippen LogP contribution in [0.25, 0.3) is 0 Å². The summed E-state index contributed by atoms with van der Waals surface area (Å²) < 4.78 is 0. The summed E-state index contributed by atoms with van der Waals surface area (Å²) in [6, 6.07) is 26.7. The van der Waals surface area contributed by atoms with Crippen LogP contribution < -0.4 is 10.6 Å². The second kappa shape index (κ2) is 8.99. The summed E-state index contributed by atoms with van der Waals surface area (Å²) in [4.78, 5) is 24.6. The number of carbonyl (C=O) groups excluding carboxylic acids is 2. The lowest BCUT2D eigenvalue weighted by Gasteiger charge is -2.45. The molecule has 0 heterocycles. The van der Waals surface area contributed by atoms with E-state index >= 15 is 0 Å². The van der Waals surface area contributed by atoms with Gasteiger partial charge in [0, 0.05) is 36.9 Å². The van der Waals surface area contributed by atoms with E-state index in [-0.39, 0.29) is 11.8 Å². The fourth-order valence-electron chi connectivity index (χ4n) is 5.44. The smallest absolute Gasteiger partial charge is 0.251 e. The molecule has 2 N–H and O–H groups in total. The number of hydrogen-bond acceptors (Lipinski definition) is 2. The first-order valence-corrected chi connectivity index (χ1v) is 11.5. The Balaban J connectivity index is 1.15. The molecule has 2 amide bonds. The summed E-state index contributed by atoms with van der Waals surface area (Å²) in [6.07, 6.45) is 2.13. The van der Waals surface area contributed by atoms with E-state index in [1.807, 2.05) is 18.2 Å². The van der Waals surface area contributed by atoms with Crippen LogP contribution in [0, 0.1) is 5.92 Å². The first-order valence-electron chi connectivity index (χ1n) is 11.5. The van der Waals surface area contributed by atoms with Gasteiger partial charge >= 0.3 is 0 Å². The molecule has 6 rings (SSSR count). The van der Waals surface area contributed by atoms with E-state index in [1.165, 1.54) is 22.3 Å². The molecule has 1 unspecified atom stereocenters. The van der Waals surface area contributed by atoms with E-state index in [9.17, 15) is 9.59 Å². The van der Waals surface area contributed by atoms with Crippen molar-refractivity contribution >= 4 is 11.8 Å². The Bertz CT molecular complexity index is 1080. The van der Waals surface area contributed by atoms with Crippen molar-refractivity contribution in [3.05, 3.63) is 107 Å². The predicted octanol–water partition coefficient (Wildman–Crippen LogP) is 4.61. The molecule has 0 saturated carbocycles. The Kier molecular flexibility index (Phi) is 5.76. The number of hydrogen-bond donors (Lipinski definition) is 2. The zero-order chi connectivity index (χ0) is 21.9. The quantitative estimate of drug-likeness (QED) is 0.544. The molecule has 0 fully saturated rings. The highest BCUT2D eigenvalue weighted by molar-refractivity contribution is 5.94. The molecule has 3 aliphatic carbocycles. The maximum absolute atomic E-state index is 12.5. The third kappa shape index (κ3) is 3.93. The summed E-state index contributed by atoms with van der Waals surface area (Å²) in [5, 5.41) is 6.05. The Labute approximate surface area is 189 Å². The maximum Gasteiger partial charge on any atom is 0.251 e. The Morgan fingerprint density at radius 1 is 0.750 bits per heavy atom. The number of fused-ring (bicyclic) bond motifs is 1. The summed E-state index contributed by atoms with van der Waals surface area (Å²) in [6.45, 7) is 1.19. The topological polar surface area (TPSA) is 58.2 Å². The normalized spacial score (nSPS) is 20.2. The molecule has 0 saturated heterocycles. The summed E-state index contributed by atoms with van der Waals surface area (Å²) >= 11 is 0. The fraction of sp³-hybridized carbons (Fsp3) is 0.286. The molecule has 3 aromatic carbocycles. The number of rotatable bonds is 7. The molecule has 0 aliphatic heterocycles. The number of benzene rings is 3. The van der Waals surface area contributed by atoms with Gasteiger partial charge in [0.05, 0.1) is 0 Å². The minimum atomic E-state index is -0.0958. The first kappa shape index (κ1) is 20.5. The van der Waals surface area contributed by atoms with Gasteiger partial charge in [0.15, 0.2) is 0 Å². The fourth-order valence-corrected chi connectivity index (χ4v) is 5.44. The predicted molar refractivity (Wildman–Crippen MR) is 126 cm³/mol. The number of carbonyl (C=O) groups is 2. The second-order valence-corrected chi connectivity index (χ2v) is 8.81. The van der Waals surface area contributed by atoms with E-state index in [4.69, 9.17) is 0 Å². The van der Waals surface area contributed by atoms with Crippen LogP contribution in [-0.4, -0.2) is 24.9 Å². The average molecular weight is 425 g/mol. The summed E-state index contributed by atoms with van der Waals surface area (Å²) in [7, 11) is 0. The van der Waals surface area contributed by atoms with Gasteiger partial charge in [-0.25, -0.2) is 0 Å². The van der Waals surface area contributed by atoms with E-state index in [1.54, 1.807) is 12.1 Å². The monoisotopic (exact) mass is 424 g/mol. The van der Waals surface area contributed by atoms with Crippen LogP contribution in [0.15, 0.2) is 78.9 Å². The third-order valence-corrected chi connectivity index (χ3v) is 6.89.